The van der Waals surface area contributed by atoms with Crippen molar-refractivity contribution in [3.05, 3.63) is 36.0 Å². The van der Waals surface area contributed by atoms with Gasteiger partial charge in [-0.15, -0.1) is 0 Å². The average Bonchev–Trinajstić information content (AvgIpc) is 3.08. The summed E-state index contributed by atoms with van der Waals surface area (Å²) in [6.45, 7) is 7.26. The predicted octanol–water partition coefficient (Wildman–Crippen LogP) is 3.08. The lowest BCUT2D eigenvalue weighted by atomic mass is 10.1. The van der Waals surface area contributed by atoms with Crippen molar-refractivity contribution in [2.24, 2.45) is 0 Å². The molecule has 178 valence electrons. The fourth-order valence-electron chi connectivity index (χ4n) is 4.78. The molecule has 1 aromatic carbocycles. The molecule has 1 N–H and O–H groups in total. The maximum absolute atomic E-state index is 13.5. The second-order valence-corrected chi connectivity index (χ2v) is 11.7. The first kappa shape index (κ1) is 23.6. The van der Waals surface area contributed by atoms with Crippen molar-refractivity contribution >= 4 is 32.8 Å². The van der Waals surface area contributed by atoms with Crippen LogP contribution in [-0.4, -0.2) is 53.9 Å². The molecule has 33 heavy (non-hydrogen) atoms. The normalized spacial score (nSPS) is 23.9. The van der Waals surface area contributed by atoms with Crippen molar-refractivity contribution in [1.29, 1.82) is 0 Å². The molecule has 2 aromatic rings. The van der Waals surface area contributed by atoms with Gasteiger partial charge in [0, 0.05) is 17.6 Å². The number of para-hydroxylation sites is 1. The fourth-order valence-corrected chi connectivity index (χ4v) is 6.18. The van der Waals surface area contributed by atoms with Gasteiger partial charge in [-0.05, 0) is 77.5 Å². The minimum absolute atomic E-state index is 0.0405. The number of nitrogens with zero attached hydrogens (tertiary/aromatic N) is 2. The van der Waals surface area contributed by atoms with Crippen molar-refractivity contribution in [2.75, 3.05) is 0 Å². The zero-order chi connectivity index (χ0) is 24.0. The SMILES string of the molecule is Cc1cnc2c(S(=O)(=O)N[C@H]3CCC[C@H]4CC[C@@H](C(=O)OC(C)(C)C)N4C3=O)cccc2c1. The third-order valence-corrected chi connectivity index (χ3v) is 7.66. The van der Waals surface area contributed by atoms with E-state index in [2.05, 4.69) is 9.71 Å². The molecule has 0 spiro atoms. The second kappa shape index (κ2) is 8.68. The lowest BCUT2D eigenvalue weighted by Crippen LogP contribution is -2.53. The van der Waals surface area contributed by atoms with Crippen LogP contribution in [0, 0.1) is 6.92 Å². The maximum Gasteiger partial charge on any atom is 0.329 e. The lowest BCUT2D eigenvalue weighted by Gasteiger charge is -2.31. The molecule has 3 atom stereocenters. The minimum Gasteiger partial charge on any atom is -0.458 e. The summed E-state index contributed by atoms with van der Waals surface area (Å²) in [6.07, 6.45) is 4.66. The topological polar surface area (TPSA) is 106 Å². The molecule has 2 saturated heterocycles. The molecule has 2 aliphatic rings. The number of ether oxygens (including phenoxy) is 1. The number of hydrogen-bond acceptors (Lipinski definition) is 6. The number of benzene rings is 1. The Morgan fingerprint density at radius 1 is 1.18 bits per heavy atom. The van der Waals surface area contributed by atoms with E-state index in [0.717, 1.165) is 17.4 Å². The number of sulfonamides is 1. The number of aromatic nitrogens is 1. The molecule has 0 aliphatic carbocycles. The van der Waals surface area contributed by atoms with Gasteiger partial charge in [-0.2, -0.15) is 4.72 Å². The largest absolute Gasteiger partial charge is 0.458 e. The molecular weight excluding hydrogens is 442 g/mol. The molecule has 3 heterocycles. The van der Waals surface area contributed by atoms with Gasteiger partial charge in [0.15, 0.2) is 0 Å². The number of nitrogens with one attached hydrogen (secondary N) is 1. The van der Waals surface area contributed by atoms with Crippen molar-refractivity contribution in [3.8, 4) is 0 Å². The monoisotopic (exact) mass is 473 g/mol. The molecule has 4 rings (SSSR count). The number of rotatable bonds is 4. The van der Waals surface area contributed by atoms with Crippen molar-refractivity contribution < 1.29 is 22.7 Å². The van der Waals surface area contributed by atoms with Crippen LogP contribution in [0.15, 0.2) is 35.4 Å². The highest BCUT2D eigenvalue weighted by Crippen LogP contribution is 2.33. The summed E-state index contributed by atoms with van der Waals surface area (Å²) in [5, 5.41) is 0.717. The molecule has 2 fully saturated rings. The molecule has 0 unspecified atom stereocenters. The van der Waals surface area contributed by atoms with Crippen molar-refractivity contribution in [1.82, 2.24) is 14.6 Å². The summed E-state index contributed by atoms with van der Waals surface area (Å²) in [5.41, 5.74) is 0.629. The number of carbonyl (C=O) groups excluding carboxylic acids is 2. The van der Waals surface area contributed by atoms with Gasteiger partial charge in [-0.3, -0.25) is 9.78 Å². The standard InChI is InChI=1S/C24H31N3O5S/c1-15-13-16-7-5-10-20(21(16)25-14-15)33(30,31)26-18-9-6-8-17-11-12-19(27(17)22(18)28)23(29)32-24(2,3)4/h5,7,10,13-14,17-19,26H,6,8-9,11-12H2,1-4H3/t17-,18-,19-/m0/s1. The van der Waals surface area contributed by atoms with E-state index in [-0.39, 0.29) is 16.8 Å². The number of fused-ring (bicyclic) bond motifs is 2. The summed E-state index contributed by atoms with van der Waals surface area (Å²) in [4.78, 5) is 32.2. The quantitative estimate of drug-likeness (QED) is 0.684. The zero-order valence-electron chi connectivity index (χ0n) is 19.5. The van der Waals surface area contributed by atoms with Gasteiger partial charge in [0.2, 0.25) is 15.9 Å². The summed E-state index contributed by atoms with van der Waals surface area (Å²) in [7, 11) is -4.02. The van der Waals surface area contributed by atoms with Crippen LogP contribution in [0.5, 0.6) is 0 Å². The van der Waals surface area contributed by atoms with Crippen molar-refractivity contribution in [2.45, 2.75) is 88.4 Å². The smallest absolute Gasteiger partial charge is 0.329 e. The van der Waals surface area contributed by atoms with Gasteiger partial charge in [0.1, 0.15) is 22.6 Å². The van der Waals surface area contributed by atoms with E-state index in [1.165, 1.54) is 6.07 Å². The second-order valence-electron chi connectivity index (χ2n) is 9.97. The Balaban J connectivity index is 1.61. The molecule has 0 saturated carbocycles. The number of aryl methyl sites for hydroxylation is 1. The number of pyridine rings is 1. The van der Waals surface area contributed by atoms with Crippen LogP contribution >= 0.6 is 0 Å². The first-order valence-corrected chi connectivity index (χ1v) is 12.9. The van der Waals surface area contributed by atoms with Gasteiger partial charge in [-0.25, -0.2) is 13.2 Å². The number of amides is 1. The highest BCUT2D eigenvalue weighted by atomic mass is 32.2. The highest BCUT2D eigenvalue weighted by Gasteiger charge is 2.46. The highest BCUT2D eigenvalue weighted by molar-refractivity contribution is 7.89. The predicted molar refractivity (Wildman–Crippen MR) is 124 cm³/mol. The third kappa shape index (κ3) is 4.89. The Kier molecular flexibility index (Phi) is 6.22. The molecule has 8 nitrogen and oxygen atoms in total. The Hall–Kier alpha value is -2.52. The summed E-state index contributed by atoms with van der Waals surface area (Å²) in [5.74, 6) is -0.797. The lowest BCUT2D eigenvalue weighted by molar-refractivity contribution is -0.164. The van der Waals surface area contributed by atoms with Gasteiger partial charge < -0.3 is 9.64 Å². The maximum atomic E-state index is 13.5. The van der Waals surface area contributed by atoms with Crippen LogP contribution in [0.2, 0.25) is 0 Å². The molecular formula is C24H31N3O5S. The van der Waals surface area contributed by atoms with E-state index < -0.39 is 33.7 Å². The van der Waals surface area contributed by atoms with Gasteiger partial charge in [0.05, 0.1) is 5.52 Å². The number of hydrogen-bond donors (Lipinski definition) is 1. The van der Waals surface area contributed by atoms with E-state index in [1.54, 1.807) is 37.9 Å². The summed E-state index contributed by atoms with van der Waals surface area (Å²) in [6, 6.07) is 5.15. The Bertz CT molecular complexity index is 1190. The van der Waals surface area contributed by atoms with Crippen LogP contribution in [-0.2, 0) is 24.3 Å². The van der Waals surface area contributed by atoms with Gasteiger partial charge >= 0.3 is 5.97 Å². The molecule has 1 aromatic heterocycles. The van der Waals surface area contributed by atoms with E-state index >= 15 is 0 Å². The molecule has 2 aliphatic heterocycles. The first-order valence-electron chi connectivity index (χ1n) is 11.4. The number of carbonyl (C=O) groups is 2. The van der Waals surface area contributed by atoms with Gasteiger partial charge in [-0.1, -0.05) is 12.1 Å². The molecule has 9 heteroatoms. The van der Waals surface area contributed by atoms with Crippen LogP contribution in [0.3, 0.4) is 0 Å². The average molecular weight is 474 g/mol. The van der Waals surface area contributed by atoms with Crippen LogP contribution in [0.25, 0.3) is 10.9 Å². The number of esters is 1. The first-order chi connectivity index (χ1) is 15.5. The van der Waals surface area contributed by atoms with E-state index in [9.17, 15) is 18.0 Å². The summed E-state index contributed by atoms with van der Waals surface area (Å²) >= 11 is 0. The fraction of sp³-hybridized carbons (Fsp3) is 0.542. The molecule has 0 radical (unpaired) electrons. The van der Waals surface area contributed by atoms with Gasteiger partial charge in [0.25, 0.3) is 0 Å². The van der Waals surface area contributed by atoms with Crippen LogP contribution < -0.4 is 4.72 Å². The van der Waals surface area contributed by atoms with Crippen LogP contribution in [0.4, 0.5) is 0 Å². The zero-order valence-corrected chi connectivity index (χ0v) is 20.3. The summed E-state index contributed by atoms with van der Waals surface area (Å²) < 4.78 is 34.8. The van der Waals surface area contributed by atoms with E-state index in [4.69, 9.17) is 4.74 Å². The van der Waals surface area contributed by atoms with E-state index in [0.29, 0.717) is 31.2 Å². The van der Waals surface area contributed by atoms with E-state index in [1.807, 2.05) is 19.1 Å². The Labute approximate surface area is 194 Å². The Morgan fingerprint density at radius 2 is 1.94 bits per heavy atom. The molecule has 1 amide bonds. The van der Waals surface area contributed by atoms with Crippen molar-refractivity contribution in [3.63, 3.8) is 0 Å². The third-order valence-electron chi connectivity index (χ3n) is 6.16. The molecule has 0 bridgehead atoms. The Morgan fingerprint density at radius 3 is 2.67 bits per heavy atom. The minimum atomic E-state index is -4.02. The van der Waals surface area contributed by atoms with Crippen LogP contribution in [0.1, 0.15) is 58.4 Å².